The van der Waals surface area contributed by atoms with Crippen LogP contribution in [0, 0.1) is 18.3 Å². The number of nitrogens with two attached hydrogens (primary N) is 1. The van der Waals surface area contributed by atoms with Gasteiger partial charge in [0.1, 0.15) is 28.7 Å². The molecule has 3 aromatic rings. The van der Waals surface area contributed by atoms with Gasteiger partial charge in [-0.2, -0.15) is 5.26 Å². The summed E-state index contributed by atoms with van der Waals surface area (Å²) in [6, 6.07) is 12.5. The van der Waals surface area contributed by atoms with E-state index in [1.165, 1.54) is 0 Å². The Bertz CT molecular complexity index is 1100. The van der Waals surface area contributed by atoms with Crippen molar-refractivity contribution in [2.45, 2.75) is 12.8 Å². The number of fused-ring (bicyclic) bond motifs is 3. The second kappa shape index (κ2) is 5.03. The third-order valence-electron chi connectivity index (χ3n) is 4.02. The molecule has 0 unspecified atom stereocenters. The summed E-state index contributed by atoms with van der Waals surface area (Å²) in [5.74, 6) is 0.615. The molecule has 2 aromatic heterocycles. The van der Waals surface area contributed by atoms with Crippen LogP contribution in [-0.2, 0) is 0 Å². The lowest BCUT2D eigenvalue weighted by atomic mass is 9.87. The molecule has 24 heavy (non-hydrogen) atoms. The van der Waals surface area contributed by atoms with Crippen molar-refractivity contribution in [2.75, 3.05) is 0 Å². The molecular formula is C18H12N2O4. The zero-order valence-electron chi connectivity index (χ0n) is 12.7. The number of nitrogens with zero attached hydrogens (tertiary/aromatic N) is 1. The molecule has 1 aliphatic rings. The Morgan fingerprint density at radius 2 is 1.96 bits per heavy atom. The largest absolute Gasteiger partial charge is 0.465 e. The number of benzene rings is 1. The Hall–Kier alpha value is -3.46. The van der Waals surface area contributed by atoms with E-state index >= 15 is 0 Å². The van der Waals surface area contributed by atoms with E-state index < -0.39 is 11.5 Å². The number of aryl methyl sites for hydroxylation is 1. The fourth-order valence-corrected chi connectivity index (χ4v) is 2.96. The van der Waals surface area contributed by atoms with E-state index in [1.54, 1.807) is 43.3 Å². The van der Waals surface area contributed by atoms with Crippen LogP contribution in [0.2, 0.25) is 0 Å². The van der Waals surface area contributed by atoms with Gasteiger partial charge in [-0.15, -0.1) is 0 Å². The predicted octanol–water partition coefficient (Wildman–Crippen LogP) is 2.91. The monoisotopic (exact) mass is 320 g/mol. The van der Waals surface area contributed by atoms with Crippen LogP contribution in [-0.4, -0.2) is 0 Å². The summed E-state index contributed by atoms with van der Waals surface area (Å²) in [5.41, 5.74) is 6.09. The number of furan rings is 1. The maximum absolute atomic E-state index is 12.6. The minimum absolute atomic E-state index is 0.0418. The second-order valence-corrected chi connectivity index (χ2v) is 5.50. The summed E-state index contributed by atoms with van der Waals surface area (Å²) >= 11 is 0. The highest BCUT2D eigenvalue weighted by Crippen LogP contribution is 2.43. The molecule has 0 aliphatic carbocycles. The van der Waals surface area contributed by atoms with Crippen LogP contribution in [0.5, 0.6) is 5.75 Å². The molecule has 1 atom stereocenters. The van der Waals surface area contributed by atoms with Gasteiger partial charge in [0.2, 0.25) is 5.88 Å². The molecule has 6 heteroatoms. The van der Waals surface area contributed by atoms with Crippen molar-refractivity contribution < 1.29 is 13.6 Å². The minimum atomic E-state index is -0.756. The Morgan fingerprint density at radius 3 is 2.67 bits per heavy atom. The molecule has 6 nitrogen and oxygen atoms in total. The van der Waals surface area contributed by atoms with Gasteiger partial charge in [0.15, 0.2) is 5.75 Å². The summed E-state index contributed by atoms with van der Waals surface area (Å²) in [6.45, 7) is 1.78. The van der Waals surface area contributed by atoms with Crippen LogP contribution < -0.4 is 16.1 Å². The Kier molecular flexibility index (Phi) is 2.97. The Morgan fingerprint density at radius 1 is 1.17 bits per heavy atom. The van der Waals surface area contributed by atoms with Crippen molar-refractivity contribution in [2.24, 2.45) is 5.73 Å². The number of hydrogen-bond acceptors (Lipinski definition) is 6. The number of para-hydroxylation sites is 1. The van der Waals surface area contributed by atoms with Gasteiger partial charge < -0.3 is 19.3 Å². The summed E-state index contributed by atoms with van der Waals surface area (Å²) < 4.78 is 16.7. The van der Waals surface area contributed by atoms with Gasteiger partial charge in [0.25, 0.3) is 0 Å². The average molecular weight is 320 g/mol. The number of ether oxygens (including phenoxy) is 1. The first-order valence-corrected chi connectivity index (χ1v) is 7.30. The zero-order valence-corrected chi connectivity index (χ0v) is 12.7. The lowest BCUT2D eigenvalue weighted by Gasteiger charge is -2.24. The summed E-state index contributed by atoms with van der Waals surface area (Å²) in [4.78, 5) is 12.6. The van der Waals surface area contributed by atoms with Crippen LogP contribution in [0.4, 0.5) is 0 Å². The highest BCUT2D eigenvalue weighted by molar-refractivity contribution is 5.85. The third kappa shape index (κ3) is 1.92. The van der Waals surface area contributed by atoms with E-state index in [0.717, 1.165) is 0 Å². The fourth-order valence-electron chi connectivity index (χ4n) is 2.96. The maximum atomic E-state index is 12.6. The molecule has 118 valence electrons. The molecule has 1 aliphatic heterocycles. The first-order chi connectivity index (χ1) is 11.6. The van der Waals surface area contributed by atoms with Crippen molar-refractivity contribution in [3.63, 3.8) is 0 Å². The van der Waals surface area contributed by atoms with Gasteiger partial charge >= 0.3 is 5.63 Å². The van der Waals surface area contributed by atoms with E-state index in [2.05, 4.69) is 0 Å². The first-order valence-electron chi connectivity index (χ1n) is 7.30. The third-order valence-corrected chi connectivity index (χ3v) is 4.02. The summed E-state index contributed by atoms with van der Waals surface area (Å²) in [5, 5.41) is 10.1. The minimum Gasteiger partial charge on any atom is -0.465 e. The SMILES string of the molecule is Cc1ccc([C@@H]2C(C#N)=C(N)Oc3c2c(=O)oc2ccccc32)o1. The van der Waals surface area contributed by atoms with Crippen LogP contribution in [0.3, 0.4) is 0 Å². The smallest absolute Gasteiger partial charge is 0.344 e. The number of allylic oxidation sites excluding steroid dienone is 1. The molecule has 0 spiro atoms. The van der Waals surface area contributed by atoms with Gasteiger partial charge in [-0.05, 0) is 31.2 Å². The lowest BCUT2D eigenvalue weighted by molar-refractivity contribution is 0.375. The quantitative estimate of drug-likeness (QED) is 0.692. The summed E-state index contributed by atoms with van der Waals surface area (Å²) in [6.07, 6.45) is 0. The fraction of sp³-hybridized carbons (Fsp3) is 0.111. The van der Waals surface area contributed by atoms with E-state index in [0.29, 0.717) is 28.2 Å². The predicted molar refractivity (Wildman–Crippen MR) is 85.2 cm³/mol. The molecule has 2 N–H and O–H groups in total. The van der Waals surface area contributed by atoms with Crippen LogP contribution in [0.1, 0.15) is 23.0 Å². The van der Waals surface area contributed by atoms with Gasteiger partial charge in [-0.3, -0.25) is 0 Å². The maximum Gasteiger partial charge on any atom is 0.344 e. The van der Waals surface area contributed by atoms with Gasteiger partial charge in [0, 0.05) is 0 Å². The van der Waals surface area contributed by atoms with E-state index in [1.807, 2.05) is 6.07 Å². The van der Waals surface area contributed by atoms with Crippen LogP contribution in [0.15, 0.2) is 61.5 Å². The van der Waals surface area contributed by atoms with E-state index in [4.69, 9.17) is 19.3 Å². The zero-order chi connectivity index (χ0) is 16.8. The van der Waals surface area contributed by atoms with Gasteiger partial charge in [-0.25, -0.2) is 4.79 Å². The molecule has 0 saturated carbocycles. The molecular weight excluding hydrogens is 308 g/mol. The lowest BCUT2D eigenvalue weighted by Crippen LogP contribution is -2.26. The van der Waals surface area contributed by atoms with Crippen molar-refractivity contribution in [1.82, 2.24) is 0 Å². The highest BCUT2D eigenvalue weighted by atomic mass is 16.5. The topological polar surface area (TPSA) is 102 Å². The Labute approximate surface area is 136 Å². The highest BCUT2D eigenvalue weighted by Gasteiger charge is 2.37. The van der Waals surface area contributed by atoms with Crippen LogP contribution >= 0.6 is 0 Å². The standard InChI is InChI=1S/C18H12N2O4/c1-9-6-7-13(22-9)14-11(8-19)17(20)24-16-10-4-2-3-5-12(10)23-18(21)15(14)16/h2-7,14H,20H2,1H3/t14-/m0/s1. The Balaban J connectivity index is 2.10. The van der Waals surface area contributed by atoms with Crippen LogP contribution in [0.25, 0.3) is 11.0 Å². The second-order valence-electron chi connectivity index (χ2n) is 5.50. The van der Waals surface area contributed by atoms with Crippen molar-refractivity contribution in [1.29, 1.82) is 5.26 Å². The molecule has 0 bridgehead atoms. The summed E-state index contributed by atoms with van der Waals surface area (Å²) in [7, 11) is 0. The molecule has 1 aromatic carbocycles. The molecule has 0 radical (unpaired) electrons. The van der Waals surface area contributed by atoms with Crippen molar-refractivity contribution in [3.8, 4) is 11.8 Å². The number of rotatable bonds is 1. The van der Waals surface area contributed by atoms with Crippen molar-refractivity contribution >= 4 is 11.0 Å². The molecule has 4 rings (SSSR count). The average Bonchev–Trinajstić information content (AvgIpc) is 3.00. The molecule has 3 heterocycles. The first kappa shape index (κ1) is 14.2. The van der Waals surface area contributed by atoms with E-state index in [-0.39, 0.29) is 17.0 Å². The number of hydrogen-bond donors (Lipinski definition) is 1. The molecule has 0 saturated heterocycles. The molecule has 0 amide bonds. The van der Waals surface area contributed by atoms with Gasteiger partial charge in [0.05, 0.1) is 16.9 Å². The van der Waals surface area contributed by atoms with E-state index in [9.17, 15) is 10.1 Å². The number of nitriles is 1. The van der Waals surface area contributed by atoms with Crippen molar-refractivity contribution in [3.05, 3.63) is 75.4 Å². The normalized spacial score (nSPS) is 16.6. The molecule has 0 fully saturated rings. The van der Waals surface area contributed by atoms with Gasteiger partial charge in [-0.1, -0.05) is 12.1 Å².